The zero-order valence-electron chi connectivity index (χ0n) is 16.3. The molecule has 2 aromatic carbocycles. The Balaban J connectivity index is 1.47. The highest BCUT2D eigenvalue weighted by Crippen LogP contribution is 2.25. The molecule has 1 aromatic heterocycles. The molecule has 0 radical (unpaired) electrons. The molecule has 3 aromatic rings. The number of anilines is 1. The van der Waals surface area contributed by atoms with Gasteiger partial charge in [-0.1, -0.05) is 30.7 Å². The summed E-state index contributed by atoms with van der Waals surface area (Å²) < 4.78 is 5.92. The zero-order valence-corrected chi connectivity index (χ0v) is 17.1. The zero-order chi connectivity index (χ0) is 19.9. The number of carboxylic acid groups (broad SMARTS) is 1. The van der Waals surface area contributed by atoms with Crippen molar-refractivity contribution in [3.8, 4) is 0 Å². The van der Waals surface area contributed by atoms with Crippen LogP contribution in [-0.2, 0) is 0 Å². The largest absolute Gasteiger partial charge is 0.478 e. The molecule has 0 bridgehead atoms. The van der Waals surface area contributed by atoms with Crippen LogP contribution < -0.4 is 4.90 Å². The quantitative estimate of drug-likeness (QED) is 0.349. The fraction of sp³-hybridized carbons (Fsp3) is 0.364. The Morgan fingerprint density at radius 1 is 1.11 bits per heavy atom. The fourth-order valence-electron chi connectivity index (χ4n) is 3.07. The van der Waals surface area contributed by atoms with Gasteiger partial charge in [0.05, 0.1) is 5.56 Å². The predicted octanol–water partition coefficient (Wildman–Crippen LogP) is 5.70. The minimum Gasteiger partial charge on any atom is -0.478 e. The van der Waals surface area contributed by atoms with Crippen molar-refractivity contribution in [1.82, 2.24) is 4.98 Å². The molecule has 0 saturated carbocycles. The Morgan fingerprint density at radius 2 is 1.86 bits per heavy atom. The molecule has 0 aliphatic rings. The number of thioether (sulfide) groups is 1. The molecule has 1 N–H and O–H groups in total. The molecule has 0 fully saturated rings. The van der Waals surface area contributed by atoms with Gasteiger partial charge in [0.25, 0.3) is 6.01 Å². The van der Waals surface area contributed by atoms with Crippen LogP contribution >= 0.6 is 11.8 Å². The number of carboxylic acids is 1. The lowest BCUT2D eigenvalue weighted by Gasteiger charge is -2.24. The molecule has 0 amide bonds. The van der Waals surface area contributed by atoms with Crippen LogP contribution in [0.3, 0.4) is 0 Å². The maximum Gasteiger partial charge on any atom is 0.336 e. The SMILES string of the molecule is CC(C)N(CCCCCSc1ccccc1C(=O)O)c1nc2ccccc2o1. The van der Waals surface area contributed by atoms with Gasteiger partial charge in [-0.3, -0.25) is 0 Å². The minimum absolute atomic E-state index is 0.310. The number of fused-ring (bicyclic) bond motifs is 1. The van der Waals surface area contributed by atoms with E-state index >= 15 is 0 Å². The number of unbranched alkanes of at least 4 members (excludes halogenated alkanes) is 2. The lowest BCUT2D eigenvalue weighted by Crippen LogP contribution is -2.32. The standard InChI is InChI=1S/C22H26N2O3S/c1-16(2)24(22-23-18-11-5-6-12-19(18)27-22)14-8-3-9-15-28-20-13-7-4-10-17(20)21(25)26/h4-7,10-13,16H,3,8-9,14-15H2,1-2H3,(H,25,26). The third-order valence-electron chi connectivity index (χ3n) is 4.57. The summed E-state index contributed by atoms with van der Waals surface area (Å²) in [6.45, 7) is 5.18. The molecule has 0 aliphatic carbocycles. The van der Waals surface area contributed by atoms with Crippen LogP contribution in [0.5, 0.6) is 0 Å². The summed E-state index contributed by atoms with van der Waals surface area (Å²) in [4.78, 5) is 18.9. The van der Waals surface area contributed by atoms with E-state index in [1.54, 1.807) is 23.9 Å². The molecule has 3 rings (SSSR count). The molecular weight excluding hydrogens is 372 g/mol. The van der Waals surface area contributed by atoms with Gasteiger partial charge in [0.1, 0.15) is 5.52 Å². The van der Waals surface area contributed by atoms with Crippen LogP contribution in [0.2, 0.25) is 0 Å². The number of para-hydroxylation sites is 2. The van der Waals surface area contributed by atoms with Crippen molar-refractivity contribution in [2.45, 2.75) is 44.0 Å². The number of oxazole rings is 1. The molecule has 5 nitrogen and oxygen atoms in total. The monoisotopic (exact) mass is 398 g/mol. The first-order valence-corrected chi connectivity index (χ1v) is 10.6. The summed E-state index contributed by atoms with van der Waals surface area (Å²) in [5.74, 6) is 0.0449. The predicted molar refractivity (Wildman–Crippen MR) is 114 cm³/mol. The lowest BCUT2D eigenvalue weighted by molar-refractivity contribution is 0.0693. The van der Waals surface area contributed by atoms with Gasteiger partial charge >= 0.3 is 5.97 Å². The van der Waals surface area contributed by atoms with E-state index in [-0.39, 0.29) is 0 Å². The minimum atomic E-state index is -0.867. The third kappa shape index (κ3) is 5.07. The number of benzene rings is 2. The average Bonchev–Trinajstić information content (AvgIpc) is 3.10. The van der Waals surface area contributed by atoms with Crippen LogP contribution in [-0.4, -0.2) is 34.4 Å². The van der Waals surface area contributed by atoms with E-state index in [0.717, 1.165) is 47.6 Å². The molecule has 0 aliphatic heterocycles. The first kappa shape index (κ1) is 20.3. The van der Waals surface area contributed by atoms with Crippen molar-refractivity contribution in [2.75, 3.05) is 17.2 Å². The Labute approximate surface area is 169 Å². The molecular formula is C22H26N2O3S. The van der Waals surface area contributed by atoms with Crippen molar-refractivity contribution in [2.24, 2.45) is 0 Å². The number of hydrogen-bond acceptors (Lipinski definition) is 5. The Hall–Kier alpha value is -2.47. The summed E-state index contributed by atoms with van der Waals surface area (Å²) in [5, 5.41) is 9.25. The number of aromatic carboxylic acids is 1. The van der Waals surface area contributed by atoms with Crippen LogP contribution in [0, 0.1) is 0 Å². The third-order valence-corrected chi connectivity index (χ3v) is 5.73. The maximum atomic E-state index is 11.3. The van der Waals surface area contributed by atoms with Crippen LogP contribution in [0.25, 0.3) is 11.1 Å². The lowest BCUT2D eigenvalue weighted by atomic mass is 10.2. The molecule has 6 heteroatoms. The second-order valence-electron chi connectivity index (χ2n) is 6.96. The molecule has 1 heterocycles. The first-order chi connectivity index (χ1) is 13.6. The van der Waals surface area contributed by atoms with Gasteiger partial charge in [-0.2, -0.15) is 4.98 Å². The average molecular weight is 399 g/mol. The fourth-order valence-corrected chi connectivity index (χ4v) is 4.12. The Morgan fingerprint density at radius 3 is 2.61 bits per heavy atom. The number of hydrogen-bond donors (Lipinski definition) is 1. The maximum absolute atomic E-state index is 11.3. The van der Waals surface area contributed by atoms with Crippen molar-refractivity contribution in [1.29, 1.82) is 0 Å². The van der Waals surface area contributed by atoms with Crippen LogP contribution in [0.4, 0.5) is 6.01 Å². The van der Waals surface area contributed by atoms with Gasteiger partial charge in [0.15, 0.2) is 5.58 Å². The molecule has 28 heavy (non-hydrogen) atoms. The number of rotatable bonds is 10. The summed E-state index contributed by atoms with van der Waals surface area (Å²) in [7, 11) is 0. The summed E-state index contributed by atoms with van der Waals surface area (Å²) in [6.07, 6.45) is 3.15. The highest BCUT2D eigenvalue weighted by atomic mass is 32.2. The Kier molecular flexibility index (Phi) is 6.98. The Bertz CT molecular complexity index is 890. The molecule has 0 saturated heterocycles. The van der Waals surface area contributed by atoms with Crippen molar-refractivity contribution < 1.29 is 14.3 Å². The van der Waals surface area contributed by atoms with Gasteiger partial charge in [-0.15, -0.1) is 11.8 Å². The highest BCUT2D eigenvalue weighted by Gasteiger charge is 2.16. The highest BCUT2D eigenvalue weighted by molar-refractivity contribution is 7.99. The number of carbonyl (C=O) groups is 1. The topological polar surface area (TPSA) is 66.6 Å². The van der Waals surface area contributed by atoms with Gasteiger partial charge in [-0.25, -0.2) is 4.79 Å². The van der Waals surface area contributed by atoms with Gasteiger partial charge in [0.2, 0.25) is 0 Å². The smallest absolute Gasteiger partial charge is 0.336 e. The summed E-state index contributed by atoms with van der Waals surface area (Å²) in [5.41, 5.74) is 2.09. The summed E-state index contributed by atoms with van der Waals surface area (Å²) >= 11 is 1.61. The second kappa shape index (κ2) is 9.64. The van der Waals surface area contributed by atoms with Crippen molar-refractivity contribution >= 4 is 34.8 Å². The first-order valence-electron chi connectivity index (χ1n) is 9.63. The van der Waals surface area contributed by atoms with E-state index in [2.05, 4.69) is 23.7 Å². The van der Waals surface area contributed by atoms with Crippen molar-refractivity contribution in [3.05, 3.63) is 54.1 Å². The molecule has 0 spiro atoms. The summed E-state index contributed by atoms with van der Waals surface area (Å²) in [6, 6.07) is 16.0. The van der Waals surface area contributed by atoms with Crippen LogP contribution in [0.15, 0.2) is 57.8 Å². The van der Waals surface area contributed by atoms with E-state index in [0.29, 0.717) is 17.6 Å². The van der Waals surface area contributed by atoms with E-state index in [9.17, 15) is 9.90 Å². The number of aromatic nitrogens is 1. The molecule has 148 valence electrons. The van der Waals surface area contributed by atoms with Gasteiger partial charge in [-0.05, 0) is 56.7 Å². The van der Waals surface area contributed by atoms with Gasteiger partial charge in [0, 0.05) is 17.5 Å². The van der Waals surface area contributed by atoms with Crippen molar-refractivity contribution in [3.63, 3.8) is 0 Å². The second-order valence-corrected chi connectivity index (χ2v) is 8.10. The number of nitrogens with zero attached hydrogens (tertiary/aromatic N) is 2. The van der Waals surface area contributed by atoms with E-state index in [4.69, 9.17) is 4.42 Å². The normalized spacial score (nSPS) is 11.2. The van der Waals surface area contributed by atoms with Crippen LogP contribution in [0.1, 0.15) is 43.5 Å². The molecule has 0 unspecified atom stereocenters. The van der Waals surface area contributed by atoms with Gasteiger partial charge < -0.3 is 14.4 Å². The van der Waals surface area contributed by atoms with E-state index in [1.165, 1.54) is 0 Å². The molecule has 0 atom stereocenters. The van der Waals surface area contributed by atoms with E-state index in [1.807, 2.05) is 36.4 Å². The van der Waals surface area contributed by atoms with E-state index < -0.39 is 5.97 Å².